The number of carbonyl (C=O) groups excluding carboxylic acids is 2. The van der Waals surface area contributed by atoms with Crippen LogP contribution in [0.1, 0.15) is 80.1 Å². The van der Waals surface area contributed by atoms with Crippen LogP contribution in [0.2, 0.25) is 0 Å². The first-order valence-corrected chi connectivity index (χ1v) is 10.3. The molecule has 1 heterocycles. The number of rotatable bonds is 9. The first-order chi connectivity index (χ1) is 13.0. The Hall–Kier alpha value is -1.46. The van der Waals surface area contributed by atoms with Crippen molar-refractivity contribution in [1.82, 2.24) is 0 Å². The van der Waals surface area contributed by atoms with E-state index in [0.717, 1.165) is 31.1 Å². The molecule has 4 atom stereocenters. The smallest absolute Gasteiger partial charge is 0.303 e. The molecule has 1 N–H and O–H groups in total. The molecule has 0 aromatic carbocycles. The lowest BCUT2D eigenvalue weighted by Gasteiger charge is -2.36. The number of allylic oxidation sites excluding steroid dienone is 2. The fourth-order valence-corrected chi connectivity index (χ4v) is 3.57. The van der Waals surface area contributed by atoms with Crippen molar-refractivity contribution in [2.45, 2.75) is 97.4 Å². The van der Waals surface area contributed by atoms with Crippen molar-refractivity contribution in [2.24, 2.45) is 5.92 Å². The topological polar surface area (TPSA) is 72.8 Å². The van der Waals surface area contributed by atoms with E-state index in [9.17, 15) is 14.7 Å². The van der Waals surface area contributed by atoms with Gasteiger partial charge in [-0.25, -0.2) is 0 Å². The number of aliphatic hydroxyl groups is 1. The Morgan fingerprint density at radius 3 is 2.68 bits per heavy atom. The van der Waals surface area contributed by atoms with Crippen LogP contribution in [-0.2, 0) is 19.1 Å². The maximum Gasteiger partial charge on any atom is 0.303 e. The number of esters is 1. The van der Waals surface area contributed by atoms with Crippen LogP contribution in [0.15, 0.2) is 23.3 Å². The Bertz CT molecular complexity index is 586. The molecule has 2 unspecified atom stereocenters. The molecular weight excluding hydrogens is 356 g/mol. The zero-order chi connectivity index (χ0) is 21.4. The predicted molar refractivity (Wildman–Crippen MR) is 111 cm³/mol. The quantitative estimate of drug-likeness (QED) is 0.269. The minimum absolute atomic E-state index is 0.134. The van der Waals surface area contributed by atoms with Gasteiger partial charge in [0.25, 0.3) is 0 Å². The molecule has 28 heavy (non-hydrogen) atoms. The van der Waals surface area contributed by atoms with Gasteiger partial charge in [0.1, 0.15) is 18.0 Å². The summed E-state index contributed by atoms with van der Waals surface area (Å²) >= 11 is 0. The molecule has 5 heteroatoms. The van der Waals surface area contributed by atoms with Crippen molar-refractivity contribution in [3.63, 3.8) is 0 Å². The average Bonchev–Trinajstić information content (AvgIpc) is 2.74. The molecule has 1 aliphatic rings. The largest absolute Gasteiger partial charge is 0.459 e. The summed E-state index contributed by atoms with van der Waals surface area (Å²) < 4.78 is 11.7. The predicted octanol–water partition coefficient (Wildman–Crippen LogP) is 4.53. The summed E-state index contributed by atoms with van der Waals surface area (Å²) in [6, 6.07) is 0. The normalized spacial score (nSPS) is 27.4. The fraction of sp³-hybridized carbons (Fsp3) is 0.739. The highest BCUT2D eigenvalue weighted by Gasteiger charge is 2.40. The van der Waals surface area contributed by atoms with E-state index in [1.807, 2.05) is 27.7 Å². The minimum Gasteiger partial charge on any atom is -0.459 e. The van der Waals surface area contributed by atoms with Gasteiger partial charge >= 0.3 is 5.97 Å². The summed E-state index contributed by atoms with van der Waals surface area (Å²) in [6.45, 7) is 11.8. The molecule has 1 fully saturated rings. The standard InChI is InChI=1S/C23H38O5/c1-17(2)11-14-22(5,26)18(3)8-7-13-23(6)21(28-19(4)25)10-9-20(12-15-24)16-27-23/h11-12,15,18,21,26H,7-10,13-14,16H2,1-6H3/b20-12+/t18?,21-,22?,23+/m1/s1. The monoisotopic (exact) mass is 394 g/mol. The lowest BCUT2D eigenvalue weighted by atomic mass is 9.81. The molecule has 1 saturated heterocycles. The maximum absolute atomic E-state index is 11.6. The third-order valence-corrected chi connectivity index (χ3v) is 5.90. The molecule has 5 nitrogen and oxygen atoms in total. The van der Waals surface area contributed by atoms with Crippen molar-refractivity contribution in [3.05, 3.63) is 23.3 Å². The zero-order valence-corrected chi connectivity index (χ0v) is 18.4. The summed E-state index contributed by atoms with van der Waals surface area (Å²) in [7, 11) is 0. The second-order valence-corrected chi connectivity index (χ2v) is 8.84. The minimum atomic E-state index is -0.752. The first kappa shape index (κ1) is 24.6. The molecule has 0 radical (unpaired) electrons. The lowest BCUT2D eigenvalue weighted by molar-refractivity contribution is -0.168. The highest BCUT2D eigenvalue weighted by molar-refractivity contribution is 5.67. The molecule has 0 saturated carbocycles. The Morgan fingerprint density at radius 2 is 2.11 bits per heavy atom. The second kappa shape index (κ2) is 10.9. The summed E-state index contributed by atoms with van der Waals surface area (Å²) in [5, 5.41) is 10.8. The van der Waals surface area contributed by atoms with Crippen LogP contribution in [0, 0.1) is 5.92 Å². The maximum atomic E-state index is 11.6. The van der Waals surface area contributed by atoms with E-state index >= 15 is 0 Å². The van der Waals surface area contributed by atoms with Gasteiger partial charge < -0.3 is 14.6 Å². The van der Waals surface area contributed by atoms with Crippen molar-refractivity contribution in [2.75, 3.05) is 6.61 Å². The number of hydrogen-bond acceptors (Lipinski definition) is 5. The summed E-state index contributed by atoms with van der Waals surface area (Å²) in [5.74, 6) is -0.184. The summed E-state index contributed by atoms with van der Waals surface area (Å²) in [4.78, 5) is 22.4. The van der Waals surface area contributed by atoms with Crippen LogP contribution >= 0.6 is 0 Å². The van der Waals surface area contributed by atoms with E-state index in [0.29, 0.717) is 25.9 Å². The van der Waals surface area contributed by atoms with E-state index in [1.54, 1.807) is 6.08 Å². The molecule has 0 aliphatic carbocycles. The van der Waals surface area contributed by atoms with Crippen molar-refractivity contribution in [3.8, 4) is 0 Å². The van der Waals surface area contributed by atoms with E-state index in [1.165, 1.54) is 12.5 Å². The van der Waals surface area contributed by atoms with E-state index in [4.69, 9.17) is 9.47 Å². The molecule has 0 spiro atoms. The van der Waals surface area contributed by atoms with Crippen LogP contribution < -0.4 is 0 Å². The highest BCUT2D eigenvalue weighted by atomic mass is 16.6. The third-order valence-electron chi connectivity index (χ3n) is 5.90. The van der Waals surface area contributed by atoms with Crippen molar-refractivity contribution < 1.29 is 24.2 Å². The van der Waals surface area contributed by atoms with Gasteiger partial charge in [-0.05, 0) is 77.4 Å². The molecule has 1 aliphatic heterocycles. The molecule has 0 amide bonds. The average molecular weight is 395 g/mol. The first-order valence-electron chi connectivity index (χ1n) is 10.3. The van der Waals surface area contributed by atoms with Gasteiger partial charge in [-0.1, -0.05) is 25.0 Å². The van der Waals surface area contributed by atoms with Gasteiger partial charge in [-0.15, -0.1) is 0 Å². The summed E-state index contributed by atoms with van der Waals surface area (Å²) in [5.41, 5.74) is 0.775. The number of hydrogen-bond donors (Lipinski definition) is 1. The molecule has 0 bridgehead atoms. The third kappa shape index (κ3) is 7.88. The summed E-state index contributed by atoms with van der Waals surface area (Å²) in [6.07, 6.45) is 8.44. The second-order valence-electron chi connectivity index (χ2n) is 8.84. The van der Waals surface area contributed by atoms with Crippen LogP contribution in [0.4, 0.5) is 0 Å². The zero-order valence-electron chi connectivity index (χ0n) is 18.4. The van der Waals surface area contributed by atoms with Crippen molar-refractivity contribution in [1.29, 1.82) is 0 Å². The van der Waals surface area contributed by atoms with Gasteiger partial charge in [-0.3, -0.25) is 9.59 Å². The van der Waals surface area contributed by atoms with Crippen LogP contribution in [0.25, 0.3) is 0 Å². The highest BCUT2D eigenvalue weighted by Crippen LogP contribution is 2.35. The SMILES string of the molecule is CC(=O)O[C@@H]1CC/C(=C\C=O)CO[C@@]1(C)CCCC(C)C(C)(O)CC=C(C)C. The Labute approximate surface area is 170 Å². The van der Waals surface area contributed by atoms with Gasteiger partial charge in [0.05, 0.1) is 12.2 Å². The molecule has 0 aromatic heterocycles. The molecular formula is C23H38O5. The lowest BCUT2D eigenvalue weighted by Crippen LogP contribution is -2.44. The van der Waals surface area contributed by atoms with E-state index in [2.05, 4.69) is 13.0 Å². The van der Waals surface area contributed by atoms with Gasteiger partial charge in [0.15, 0.2) is 0 Å². The van der Waals surface area contributed by atoms with Crippen LogP contribution in [-0.4, -0.2) is 41.3 Å². The Morgan fingerprint density at radius 1 is 1.43 bits per heavy atom. The molecule has 1 rings (SSSR count). The van der Waals surface area contributed by atoms with Crippen molar-refractivity contribution >= 4 is 12.3 Å². The van der Waals surface area contributed by atoms with Crippen LogP contribution in [0.3, 0.4) is 0 Å². The number of aldehydes is 1. The van der Waals surface area contributed by atoms with Gasteiger partial charge in [0, 0.05) is 6.92 Å². The molecule has 160 valence electrons. The van der Waals surface area contributed by atoms with Gasteiger partial charge in [0.2, 0.25) is 0 Å². The Balaban J connectivity index is 2.75. The number of carbonyl (C=O) groups is 2. The van der Waals surface area contributed by atoms with E-state index < -0.39 is 11.2 Å². The van der Waals surface area contributed by atoms with E-state index in [-0.39, 0.29) is 18.0 Å². The van der Waals surface area contributed by atoms with Gasteiger partial charge in [-0.2, -0.15) is 0 Å². The Kier molecular flexibility index (Phi) is 9.58. The van der Waals surface area contributed by atoms with Crippen LogP contribution in [0.5, 0.6) is 0 Å². The number of ether oxygens (including phenoxy) is 2. The fourth-order valence-electron chi connectivity index (χ4n) is 3.57. The molecule has 0 aromatic rings.